The normalized spacial score (nSPS) is 15.0. The van der Waals surface area contributed by atoms with Crippen molar-refractivity contribution in [2.45, 2.75) is 19.4 Å². The minimum atomic E-state index is -0.224. The number of thiazole rings is 1. The molecular weight excluding hydrogens is 449 g/mol. The maximum Gasteiger partial charge on any atom is 0.137 e. The van der Waals surface area contributed by atoms with Crippen molar-refractivity contribution in [1.29, 1.82) is 0 Å². The van der Waals surface area contributed by atoms with Crippen molar-refractivity contribution in [2.24, 2.45) is 0 Å². The predicted molar refractivity (Wildman–Crippen MR) is 135 cm³/mol. The van der Waals surface area contributed by atoms with Gasteiger partial charge in [-0.3, -0.25) is 4.90 Å². The highest BCUT2D eigenvalue weighted by molar-refractivity contribution is 7.13. The lowest BCUT2D eigenvalue weighted by atomic mass is 10.1. The second kappa shape index (κ2) is 9.29. The molecule has 0 saturated carbocycles. The van der Waals surface area contributed by atoms with E-state index in [1.807, 2.05) is 24.4 Å². The van der Waals surface area contributed by atoms with Crippen LogP contribution in [0.1, 0.15) is 12.8 Å². The molecule has 5 heterocycles. The van der Waals surface area contributed by atoms with Crippen molar-refractivity contribution in [3.05, 3.63) is 60.1 Å². The molecule has 34 heavy (non-hydrogen) atoms. The van der Waals surface area contributed by atoms with Crippen LogP contribution in [0.2, 0.25) is 0 Å². The topological polar surface area (TPSA) is 59.0 Å². The van der Waals surface area contributed by atoms with Gasteiger partial charge in [0.2, 0.25) is 0 Å². The lowest BCUT2D eigenvalue weighted by molar-refractivity contribution is 0.0371. The molecule has 1 fully saturated rings. The first-order chi connectivity index (χ1) is 16.8. The van der Waals surface area contributed by atoms with Crippen LogP contribution < -0.4 is 0 Å². The Morgan fingerprint density at radius 3 is 2.85 bits per heavy atom. The van der Waals surface area contributed by atoms with E-state index in [0.717, 1.165) is 96.0 Å². The van der Waals surface area contributed by atoms with Crippen LogP contribution in [-0.2, 0) is 11.3 Å². The summed E-state index contributed by atoms with van der Waals surface area (Å²) in [5.41, 5.74) is 4.82. The molecule has 1 aliphatic rings. The Hall–Kier alpha value is -3.07. The van der Waals surface area contributed by atoms with Crippen molar-refractivity contribution < 1.29 is 9.13 Å². The number of nitrogens with zero attached hydrogens (tertiary/aromatic N) is 4. The van der Waals surface area contributed by atoms with E-state index in [1.54, 1.807) is 29.7 Å². The van der Waals surface area contributed by atoms with Crippen LogP contribution in [0.5, 0.6) is 0 Å². The van der Waals surface area contributed by atoms with Crippen LogP contribution in [0.4, 0.5) is 4.39 Å². The van der Waals surface area contributed by atoms with Crippen molar-refractivity contribution >= 4 is 33.3 Å². The SMILES string of the molecule is Fc1ccc2c(c1)c(-c1nc(-c3c[nH]c4ncccc34)cs1)cn2CCCCN1CCOCC1. The van der Waals surface area contributed by atoms with Gasteiger partial charge in [-0.1, -0.05) is 0 Å². The fourth-order valence-electron chi connectivity index (χ4n) is 4.76. The third kappa shape index (κ3) is 4.13. The van der Waals surface area contributed by atoms with Gasteiger partial charge in [0.1, 0.15) is 16.5 Å². The highest BCUT2D eigenvalue weighted by Gasteiger charge is 2.17. The Kier molecular flexibility index (Phi) is 5.86. The molecular formula is C26H26FN5OS. The van der Waals surface area contributed by atoms with Gasteiger partial charge in [0.15, 0.2) is 0 Å². The highest BCUT2D eigenvalue weighted by Crippen LogP contribution is 2.37. The number of rotatable bonds is 7. The van der Waals surface area contributed by atoms with E-state index in [4.69, 9.17) is 9.72 Å². The largest absolute Gasteiger partial charge is 0.379 e. The van der Waals surface area contributed by atoms with Gasteiger partial charge in [0.25, 0.3) is 0 Å². The number of pyridine rings is 1. The predicted octanol–water partition coefficient (Wildman–Crippen LogP) is 5.56. The molecule has 1 N–H and O–H groups in total. The molecule has 0 radical (unpaired) electrons. The number of nitrogens with one attached hydrogen (secondary N) is 1. The molecule has 0 spiro atoms. The molecule has 1 saturated heterocycles. The van der Waals surface area contributed by atoms with Gasteiger partial charge >= 0.3 is 0 Å². The minimum Gasteiger partial charge on any atom is -0.379 e. The van der Waals surface area contributed by atoms with Crippen molar-refractivity contribution in [3.8, 4) is 21.8 Å². The minimum absolute atomic E-state index is 0.224. The van der Waals surface area contributed by atoms with Crippen LogP contribution in [0.15, 0.2) is 54.3 Å². The van der Waals surface area contributed by atoms with Gasteiger partial charge < -0.3 is 14.3 Å². The summed E-state index contributed by atoms with van der Waals surface area (Å²) in [5, 5.41) is 4.93. The summed E-state index contributed by atoms with van der Waals surface area (Å²) < 4.78 is 21.9. The number of aromatic amines is 1. The summed E-state index contributed by atoms with van der Waals surface area (Å²) in [6.07, 6.45) is 8.07. The molecule has 0 aliphatic carbocycles. The first-order valence-electron chi connectivity index (χ1n) is 11.7. The number of hydrogen-bond acceptors (Lipinski definition) is 5. The molecule has 6 rings (SSSR count). The smallest absolute Gasteiger partial charge is 0.137 e. The lowest BCUT2D eigenvalue weighted by Crippen LogP contribution is -2.36. The van der Waals surface area contributed by atoms with E-state index in [-0.39, 0.29) is 5.82 Å². The number of H-pyrrole nitrogens is 1. The number of morpholine rings is 1. The molecule has 1 aliphatic heterocycles. The van der Waals surface area contributed by atoms with Gasteiger partial charge in [-0.25, -0.2) is 14.4 Å². The number of ether oxygens (including phenoxy) is 1. The number of hydrogen-bond donors (Lipinski definition) is 1. The van der Waals surface area contributed by atoms with Gasteiger partial charge in [-0.05, 0) is 49.7 Å². The number of aryl methyl sites for hydroxylation is 1. The Bertz CT molecular complexity index is 1430. The number of unbranched alkanes of at least 4 members (excludes halogenated alkanes) is 1. The summed E-state index contributed by atoms with van der Waals surface area (Å²) >= 11 is 1.59. The molecule has 1 aromatic carbocycles. The third-order valence-electron chi connectivity index (χ3n) is 6.53. The van der Waals surface area contributed by atoms with E-state index >= 15 is 0 Å². The first-order valence-corrected chi connectivity index (χ1v) is 12.6. The zero-order valence-corrected chi connectivity index (χ0v) is 19.7. The fourth-order valence-corrected chi connectivity index (χ4v) is 5.60. The van der Waals surface area contributed by atoms with Crippen LogP contribution in [-0.4, -0.2) is 57.3 Å². The monoisotopic (exact) mass is 475 g/mol. The Morgan fingerprint density at radius 1 is 1.06 bits per heavy atom. The highest BCUT2D eigenvalue weighted by atomic mass is 32.1. The number of fused-ring (bicyclic) bond motifs is 2. The summed E-state index contributed by atoms with van der Waals surface area (Å²) in [6, 6.07) is 9.04. The molecule has 5 aromatic rings. The summed E-state index contributed by atoms with van der Waals surface area (Å²) in [5.74, 6) is -0.224. The van der Waals surface area contributed by atoms with Crippen molar-refractivity contribution in [3.63, 3.8) is 0 Å². The van der Waals surface area contributed by atoms with E-state index in [0.29, 0.717) is 0 Å². The summed E-state index contributed by atoms with van der Waals surface area (Å²) in [4.78, 5) is 15.0. The number of benzene rings is 1. The molecule has 4 aromatic heterocycles. The Labute approximate surface area is 201 Å². The van der Waals surface area contributed by atoms with Crippen molar-refractivity contribution in [2.75, 3.05) is 32.8 Å². The van der Waals surface area contributed by atoms with E-state index < -0.39 is 0 Å². The van der Waals surface area contributed by atoms with Gasteiger partial charge in [-0.2, -0.15) is 0 Å². The molecule has 6 nitrogen and oxygen atoms in total. The van der Waals surface area contributed by atoms with Gasteiger partial charge in [0.05, 0.1) is 18.9 Å². The van der Waals surface area contributed by atoms with Gasteiger partial charge in [-0.15, -0.1) is 11.3 Å². The zero-order chi connectivity index (χ0) is 22.9. The van der Waals surface area contributed by atoms with Gasteiger partial charge in [0, 0.05) is 71.0 Å². The molecule has 8 heteroatoms. The number of halogens is 1. The van der Waals surface area contributed by atoms with Crippen LogP contribution >= 0.6 is 11.3 Å². The fraction of sp³-hybridized carbons (Fsp3) is 0.308. The average molecular weight is 476 g/mol. The Morgan fingerprint density at radius 2 is 1.94 bits per heavy atom. The quantitative estimate of drug-likeness (QED) is 0.313. The molecule has 174 valence electrons. The molecule has 0 amide bonds. The zero-order valence-electron chi connectivity index (χ0n) is 18.8. The second-order valence-electron chi connectivity index (χ2n) is 8.70. The lowest BCUT2D eigenvalue weighted by Gasteiger charge is -2.26. The number of aromatic nitrogens is 4. The standard InChI is InChI=1S/C26H26FN5OS/c27-18-5-6-24-20(14-18)22(16-32(24)9-2-1-8-31-10-12-33-13-11-31)26-30-23(17-34-26)21-15-29-25-19(21)4-3-7-28-25/h3-7,14-17H,1-2,8-13H2,(H,28,29). The van der Waals surface area contributed by atoms with E-state index in [1.165, 1.54) is 0 Å². The molecule has 0 unspecified atom stereocenters. The summed E-state index contributed by atoms with van der Waals surface area (Å²) in [7, 11) is 0. The molecule has 0 atom stereocenters. The maximum atomic E-state index is 14.2. The maximum absolute atomic E-state index is 14.2. The average Bonchev–Trinajstić information content (AvgIpc) is 3.59. The van der Waals surface area contributed by atoms with Crippen LogP contribution in [0, 0.1) is 5.82 Å². The van der Waals surface area contributed by atoms with Crippen LogP contribution in [0.3, 0.4) is 0 Å². The summed E-state index contributed by atoms with van der Waals surface area (Å²) in [6.45, 7) is 5.71. The molecule has 0 bridgehead atoms. The van der Waals surface area contributed by atoms with Crippen molar-refractivity contribution in [1.82, 2.24) is 24.4 Å². The first kappa shape index (κ1) is 21.5. The Balaban J connectivity index is 1.26. The van der Waals surface area contributed by atoms with E-state index in [2.05, 4.69) is 31.0 Å². The van der Waals surface area contributed by atoms with E-state index in [9.17, 15) is 4.39 Å². The van der Waals surface area contributed by atoms with Crippen LogP contribution in [0.25, 0.3) is 43.8 Å². The second-order valence-corrected chi connectivity index (χ2v) is 9.56. The third-order valence-corrected chi connectivity index (χ3v) is 7.41.